The van der Waals surface area contributed by atoms with Crippen LogP contribution in [0, 0.1) is 5.41 Å². The van der Waals surface area contributed by atoms with Crippen molar-refractivity contribution in [3.05, 3.63) is 36.7 Å². The number of nitrogens with zero attached hydrogens (tertiary/aromatic N) is 5. The molecule has 2 aromatic heterocycles. The van der Waals surface area contributed by atoms with Crippen LogP contribution in [0.25, 0.3) is 5.57 Å². The molecule has 3 heterocycles. The van der Waals surface area contributed by atoms with Gasteiger partial charge in [0, 0.05) is 37.6 Å². The maximum atomic E-state index is 12.6. The highest BCUT2D eigenvalue weighted by Gasteiger charge is 2.41. The minimum absolute atomic E-state index is 0.0207. The number of amides is 2. The fourth-order valence-electron chi connectivity index (χ4n) is 2.81. The topological polar surface area (TPSA) is 119 Å². The van der Waals surface area contributed by atoms with Crippen LogP contribution in [-0.4, -0.2) is 38.1 Å². The summed E-state index contributed by atoms with van der Waals surface area (Å²) in [6.45, 7) is 4.35. The van der Waals surface area contributed by atoms with Gasteiger partial charge in [0.05, 0.1) is 11.8 Å². The molecule has 0 aliphatic carbocycles. The molecular weight excluding hydrogens is 334 g/mol. The van der Waals surface area contributed by atoms with Gasteiger partial charge in [-0.3, -0.25) is 19.2 Å². The van der Waals surface area contributed by atoms with Crippen molar-refractivity contribution >= 4 is 28.9 Å². The molecule has 0 atom stereocenters. The average molecular weight is 355 g/mol. The van der Waals surface area contributed by atoms with Gasteiger partial charge < -0.3 is 11.1 Å². The summed E-state index contributed by atoms with van der Waals surface area (Å²) in [5.74, 6) is 0.143. The molecule has 0 bridgehead atoms. The molecule has 2 amide bonds. The van der Waals surface area contributed by atoms with Crippen molar-refractivity contribution in [1.29, 1.82) is 0 Å². The summed E-state index contributed by atoms with van der Waals surface area (Å²) < 4.78 is 1.55. The predicted molar refractivity (Wildman–Crippen MR) is 96.8 cm³/mol. The Morgan fingerprint density at radius 3 is 2.62 bits per heavy atom. The van der Waals surface area contributed by atoms with Crippen molar-refractivity contribution in [3.63, 3.8) is 0 Å². The molecule has 1 fully saturated rings. The highest BCUT2D eigenvalue weighted by Crippen LogP contribution is 2.36. The second-order valence-electron chi connectivity index (χ2n) is 6.74. The molecule has 136 valence electrons. The highest BCUT2D eigenvalue weighted by atomic mass is 16.2. The van der Waals surface area contributed by atoms with Crippen LogP contribution in [0.2, 0.25) is 0 Å². The van der Waals surface area contributed by atoms with Crippen LogP contribution in [0.3, 0.4) is 0 Å². The molecule has 0 radical (unpaired) electrons. The van der Waals surface area contributed by atoms with Crippen LogP contribution in [-0.2, 0) is 16.6 Å². The molecule has 0 aromatic carbocycles. The van der Waals surface area contributed by atoms with Crippen molar-refractivity contribution in [2.24, 2.45) is 18.2 Å². The quantitative estimate of drug-likeness (QED) is 0.787. The summed E-state index contributed by atoms with van der Waals surface area (Å²) in [7, 11) is 1.73. The first-order chi connectivity index (χ1) is 12.3. The molecule has 0 saturated carbocycles. The van der Waals surface area contributed by atoms with E-state index in [4.69, 9.17) is 5.73 Å². The third-order valence-electron chi connectivity index (χ3n) is 4.32. The number of nitrogens with one attached hydrogen (secondary N) is 1. The SMILES string of the molecule is Cn1cc(NC(=O)C(=CN)c2ncccn2)c(N2CCC(C)(C)C2=O)n1. The second kappa shape index (κ2) is 6.58. The van der Waals surface area contributed by atoms with Crippen LogP contribution >= 0.6 is 0 Å². The lowest BCUT2D eigenvalue weighted by molar-refractivity contribution is -0.124. The van der Waals surface area contributed by atoms with Crippen molar-refractivity contribution in [1.82, 2.24) is 19.7 Å². The predicted octanol–water partition coefficient (Wildman–Crippen LogP) is 0.911. The Morgan fingerprint density at radius 1 is 1.35 bits per heavy atom. The molecule has 9 heteroatoms. The Bertz CT molecular complexity index is 870. The smallest absolute Gasteiger partial charge is 0.261 e. The van der Waals surface area contributed by atoms with E-state index in [0.29, 0.717) is 18.1 Å². The van der Waals surface area contributed by atoms with Gasteiger partial charge in [-0.25, -0.2) is 9.97 Å². The van der Waals surface area contributed by atoms with Crippen LogP contribution in [0.5, 0.6) is 0 Å². The number of aryl methyl sites for hydroxylation is 1. The van der Waals surface area contributed by atoms with Gasteiger partial charge in [-0.2, -0.15) is 5.10 Å². The summed E-state index contributed by atoms with van der Waals surface area (Å²) in [6, 6.07) is 1.65. The number of aromatic nitrogens is 4. The second-order valence-corrected chi connectivity index (χ2v) is 6.74. The first-order valence-electron chi connectivity index (χ1n) is 8.20. The molecule has 9 nitrogen and oxygen atoms in total. The minimum atomic E-state index is -0.473. The van der Waals surface area contributed by atoms with Crippen molar-refractivity contribution in [3.8, 4) is 0 Å². The maximum absolute atomic E-state index is 12.6. The normalized spacial score (nSPS) is 16.8. The van der Waals surface area contributed by atoms with E-state index in [1.807, 2.05) is 13.8 Å². The van der Waals surface area contributed by atoms with Gasteiger partial charge >= 0.3 is 0 Å². The number of anilines is 2. The molecule has 26 heavy (non-hydrogen) atoms. The minimum Gasteiger partial charge on any atom is -0.404 e. The zero-order chi connectivity index (χ0) is 18.9. The van der Waals surface area contributed by atoms with Gasteiger partial charge in [0.25, 0.3) is 5.91 Å². The molecule has 0 unspecified atom stereocenters. The van der Waals surface area contributed by atoms with Crippen LogP contribution < -0.4 is 16.0 Å². The number of hydrogen-bond donors (Lipinski definition) is 2. The van der Waals surface area contributed by atoms with Crippen LogP contribution in [0.4, 0.5) is 11.5 Å². The maximum Gasteiger partial charge on any atom is 0.261 e. The van der Waals surface area contributed by atoms with E-state index in [1.54, 1.807) is 28.9 Å². The molecule has 3 N–H and O–H groups in total. The molecule has 1 aliphatic rings. The summed E-state index contributed by atoms with van der Waals surface area (Å²) in [5, 5.41) is 7.11. The molecule has 1 saturated heterocycles. The molecule has 0 spiro atoms. The van der Waals surface area contributed by atoms with E-state index in [0.717, 1.165) is 12.6 Å². The Morgan fingerprint density at radius 2 is 2.04 bits per heavy atom. The fraction of sp³-hybridized carbons (Fsp3) is 0.353. The zero-order valence-electron chi connectivity index (χ0n) is 14.9. The number of nitrogens with two attached hydrogens (primary N) is 1. The third kappa shape index (κ3) is 3.15. The van der Waals surface area contributed by atoms with E-state index >= 15 is 0 Å². The van der Waals surface area contributed by atoms with E-state index in [-0.39, 0.29) is 17.3 Å². The summed E-state index contributed by atoms with van der Waals surface area (Å²) >= 11 is 0. The summed E-state index contributed by atoms with van der Waals surface area (Å²) in [6.07, 6.45) is 6.58. The van der Waals surface area contributed by atoms with Gasteiger partial charge in [-0.15, -0.1) is 0 Å². The monoisotopic (exact) mass is 355 g/mol. The number of rotatable bonds is 4. The molecular formula is C17H21N7O2. The fourth-order valence-corrected chi connectivity index (χ4v) is 2.81. The third-order valence-corrected chi connectivity index (χ3v) is 4.32. The Kier molecular flexibility index (Phi) is 4.45. The Balaban J connectivity index is 1.87. The Labute approximate surface area is 150 Å². The molecule has 3 rings (SSSR count). The lowest BCUT2D eigenvalue weighted by Gasteiger charge is -2.18. The highest BCUT2D eigenvalue weighted by molar-refractivity contribution is 6.25. The average Bonchev–Trinajstić information content (AvgIpc) is 3.08. The van der Waals surface area contributed by atoms with Gasteiger partial charge in [-0.1, -0.05) is 13.8 Å². The molecule has 2 aromatic rings. The van der Waals surface area contributed by atoms with E-state index in [2.05, 4.69) is 20.4 Å². The van der Waals surface area contributed by atoms with Crippen molar-refractivity contribution in [2.75, 3.05) is 16.8 Å². The molecule has 1 aliphatic heterocycles. The van der Waals surface area contributed by atoms with E-state index in [1.165, 1.54) is 12.4 Å². The zero-order valence-corrected chi connectivity index (χ0v) is 14.9. The van der Waals surface area contributed by atoms with Crippen LogP contribution in [0.15, 0.2) is 30.9 Å². The standard InChI is InChI=1S/C17H21N7O2/c1-17(2)5-8-24(16(17)26)14-12(10-23(3)22-14)21-15(25)11(9-18)13-19-6-4-7-20-13/h4,6-7,9-10H,5,8,18H2,1-3H3,(H,21,25). The first kappa shape index (κ1) is 17.6. The number of carbonyl (C=O) groups is 2. The van der Waals surface area contributed by atoms with Crippen molar-refractivity contribution < 1.29 is 9.59 Å². The number of carbonyl (C=O) groups excluding carboxylic acids is 2. The number of hydrogen-bond acceptors (Lipinski definition) is 6. The van der Waals surface area contributed by atoms with E-state index < -0.39 is 11.3 Å². The van der Waals surface area contributed by atoms with E-state index in [9.17, 15) is 9.59 Å². The lowest BCUT2D eigenvalue weighted by Crippen LogP contribution is -2.32. The summed E-state index contributed by atoms with van der Waals surface area (Å²) in [4.78, 5) is 34.9. The van der Waals surface area contributed by atoms with Gasteiger partial charge in [0.2, 0.25) is 5.91 Å². The van der Waals surface area contributed by atoms with Gasteiger partial charge in [-0.05, 0) is 12.5 Å². The summed E-state index contributed by atoms with van der Waals surface area (Å²) in [5.41, 5.74) is 5.71. The van der Waals surface area contributed by atoms with Crippen LogP contribution in [0.1, 0.15) is 26.1 Å². The first-order valence-corrected chi connectivity index (χ1v) is 8.20. The lowest BCUT2D eigenvalue weighted by atomic mass is 9.92. The van der Waals surface area contributed by atoms with Gasteiger partial charge in [0.1, 0.15) is 5.69 Å². The van der Waals surface area contributed by atoms with Crippen molar-refractivity contribution in [2.45, 2.75) is 20.3 Å². The Hall–Kier alpha value is -3.23. The van der Waals surface area contributed by atoms with Gasteiger partial charge in [0.15, 0.2) is 11.6 Å². The largest absolute Gasteiger partial charge is 0.404 e.